The molecule has 0 aliphatic carbocycles. The quantitative estimate of drug-likeness (QED) is 0.0439. The summed E-state index contributed by atoms with van der Waals surface area (Å²) in [5.41, 5.74) is 0.702. The molecule has 18 heteroatoms. The summed E-state index contributed by atoms with van der Waals surface area (Å²) in [5, 5.41) is 12.1. The minimum atomic E-state index is -2.59. The Balaban J connectivity index is 1.38. The molecule has 16 nitrogen and oxygen atoms in total. The van der Waals surface area contributed by atoms with Crippen LogP contribution in [-0.2, 0) is 47.1 Å². The van der Waals surface area contributed by atoms with Gasteiger partial charge < -0.3 is 52.2 Å². The lowest BCUT2D eigenvalue weighted by molar-refractivity contribution is -0.356. The van der Waals surface area contributed by atoms with E-state index in [1.54, 1.807) is 115 Å². The second kappa shape index (κ2) is 25.7. The van der Waals surface area contributed by atoms with Gasteiger partial charge in [-0.1, -0.05) is 131 Å². The highest BCUT2D eigenvalue weighted by Crippen LogP contribution is 2.39. The number of ether oxygens (including phenoxy) is 9. The van der Waals surface area contributed by atoms with E-state index in [2.05, 4.69) is 19.6 Å². The first-order valence-electron chi connectivity index (χ1n) is 25.4. The van der Waals surface area contributed by atoms with Gasteiger partial charge in [0.1, 0.15) is 31.0 Å². The summed E-state index contributed by atoms with van der Waals surface area (Å²) in [6, 6.07) is 41.1. The summed E-state index contributed by atoms with van der Waals surface area (Å²) in [7, 11) is -4.37. The van der Waals surface area contributed by atoms with Gasteiger partial charge in [-0.3, -0.25) is 0 Å². The standard InChI is InChI=1S/C58H68O16Si2/c1-58(2,3)76(7,8)67-37-43-45(59)47(70-52(61)39-26-16-10-17-27-39)49(72-54(63)41-30-20-12-21-31-41)57(68-43)74-46-44(36-66-51(60)38-24-14-9-15-25-38)69-56(65-34-35-75(4,5)6)50(73-55(64)42-32-22-13-23-33-42)48(46)71-53(62)40-28-18-11-19-29-40/h9-33,43-50,56-57,59H,34-37H2,1-8H3/t43-,44-,45+,46-,47+,48+,49-,50-,56-,57+/m1/s1. The first kappa shape index (κ1) is 57.4. The van der Waals surface area contributed by atoms with Crippen molar-refractivity contribution < 1.29 is 76.1 Å². The van der Waals surface area contributed by atoms with E-state index >= 15 is 0 Å². The minimum Gasteiger partial charge on any atom is -0.459 e. The number of hydrogen-bond acceptors (Lipinski definition) is 16. The second-order valence-corrected chi connectivity index (χ2v) is 31.8. The van der Waals surface area contributed by atoms with Crippen LogP contribution < -0.4 is 0 Å². The average molecular weight is 1080 g/mol. The topological polar surface area (TPSA) is 198 Å². The van der Waals surface area contributed by atoms with Gasteiger partial charge in [0.25, 0.3) is 0 Å². The molecule has 0 spiro atoms. The zero-order valence-corrected chi connectivity index (χ0v) is 46.1. The van der Waals surface area contributed by atoms with Crippen molar-refractivity contribution >= 4 is 46.2 Å². The molecule has 0 amide bonds. The molecule has 0 bridgehead atoms. The molecule has 2 aliphatic heterocycles. The number of carbonyl (C=O) groups excluding carboxylic acids is 5. The van der Waals surface area contributed by atoms with E-state index in [4.69, 9.17) is 47.1 Å². The Morgan fingerprint density at radius 2 is 0.842 bits per heavy atom. The van der Waals surface area contributed by atoms with E-state index in [-0.39, 0.29) is 46.1 Å². The molecule has 76 heavy (non-hydrogen) atoms. The van der Waals surface area contributed by atoms with Gasteiger partial charge in [-0.25, -0.2) is 24.0 Å². The van der Waals surface area contributed by atoms with E-state index in [1.165, 1.54) is 36.4 Å². The Kier molecular flexibility index (Phi) is 19.4. The third-order valence-corrected chi connectivity index (χ3v) is 19.7. The molecule has 0 radical (unpaired) electrons. The van der Waals surface area contributed by atoms with Crippen LogP contribution in [0.3, 0.4) is 0 Å². The summed E-state index contributed by atoms with van der Waals surface area (Å²) < 4.78 is 64.6. The fraction of sp³-hybridized carbons (Fsp3) is 0.397. The van der Waals surface area contributed by atoms with Crippen LogP contribution in [0.15, 0.2) is 152 Å². The van der Waals surface area contributed by atoms with Crippen LogP contribution in [0.4, 0.5) is 0 Å². The minimum absolute atomic E-state index is 0.0971. The highest BCUT2D eigenvalue weighted by Gasteiger charge is 2.57. The SMILES string of the molecule is CC(C)(C)[Si](C)(C)OC[C@H]1O[C@@H](O[C@H]2[C@H](OC(=O)c3ccccc3)[C@@H](OC(=O)c3ccccc3)[C@H](OCC[Si](C)(C)C)O[C@@H]2COC(=O)c2ccccc2)[C@H](OC(=O)c2ccccc2)[C@@H](OC(=O)c2ccccc2)[C@H]1O. The second-order valence-electron chi connectivity index (χ2n) is 21.3. The third kappa shape index (κ3) is 15.2. The number of esters is 5. The summed E-state index contributed by atoms with van der Waals surface area (Å²) in [6.45, 7) is 15.9. The van der Waals surface area contributed by atoms with Crippen LogP contribution in [0.2, 0.25) is 43.8 Å². The molecule has 404 valence electrons. The van der Waals surface area contributed by atoms with Gasteiger partial charge in [0, 0.05) is 14.7 Å². The molecule has 1 N–H and O–H groups in total. The van der Waals surface area contributed by atoms with Crippen LogP contribution in [0, 0.1) is 0 Å². The van der Waals surface area contributed by atoms with Crippen molar-refractivity contribution in [1.29, 1.82) is 0 Å². The number of aliphatic hydroxyl groups excluding tert-OH is 1. The van der Waals surface area contributed by atoms with Crippen LogP contribution in [0.25, 0.3) is 0 Å². The van der Waals surface area contributed by atoms with E-state index in [0.717, 1.165) is 0 Å². The molecule has 0 unspecified atom stereocenters. The molecular formula is C58H68O16Si2. The van der Waals surface area contributed by atoms with Crippen LogP contribution in [0.1, 0.15) is 72.6 Å². The lowest BCUT2D eigenvalue weighted by atomic mass is 9.96. The van der Waals surface area contributed by atoms with Gasteiger partial charge in [0.05, 0.1) is 34.4 Å². The fourth-order valence-electron chi connectivity index (χ4n) is 7.99. The Hall–Kier alpha value is -6.36. The Morgan fingerprint density at radius 3 is 1.25 bits per heavy atom. The Morgan fingerprint density at radius 1 is 0.474 bits per heavy atom. The zero-order valence-electron chi connectivity index (χ0n) is 44.1. The highest BCUT2D eigenvalue weighted by atomic mass is 28.4. The van der Waals surface area contributed by atoms with Crippen molar-refractivity contribution in [3.05, 3.63) is 179 Å². The predicted octanol–water partition coefficient (Wildman–Crippen LogP) is 9.32. The van der Waals surface area contributed by atoms with Gasteiger partial charge in [0.2, 0.25) is 0 Å². The molecule has 0 saturated carbocycles. The molecular weight excluding hydrogens is 1010 g/mol. The molecule has 7 rings (SSSR count). The van der Waals surface area contributed by atoms with Crippen LogP contribution >= 0.6 is 0 Å². The average Bonchev–Trinajstić information content (AvgIpc) is 3.42. The molecule has 10 atom stereocenters. The summed E-state index contributed by atoms with van der Waals surface area (Å²) >= 11 is 0. The molecule has 2 heterocycles. The largest absolute Gasteiger partial charge is 0.459 e. The summed E-state index contributed by atoms with van der Waals surface area (Å²) in [5.74, 6) is -4.22. The molecule has 5 aromatic rings. The van der Waals surface area contributed by atoms with Gasteiger partial charge in [-0.2, -0.15) is 0 Å². The van der Waals surface area contributed by atoms with E-state index < -0.39 is 114 Å². The van der Waals surface area contributed by atoms with Crippen molar-refractivity contribution in [2.24, 2.45) is 0 Å². The Bertz CT molecular complexity index is 2680. The van der Waals surface area contributed by atoms with Gasteiger partial charge in [0.15, 0.2) is 45.3 Å². The maximum atomic E-state index is 14.5. The Labute approximate surface area is 445 Å². The number of rotatable bonds is 20. The monoisotopic (exact) mass is 1080 g/mol. The van der Waals surface area contributed by atoms with Gasteiger partial charge in [-0.05, 0) is 84.8 Å². The number of carbonyl (C=O) groups is 5. The zero-order chi connectivity index (χ0) is 54.6. The number of hydrogen-bond donors (Lipinski definition) is 1. The first-order chi connectivity index (χ1) is 36.2. The van der Waals surface area contributed by atoms with Gasteiger partial charge in [-0.15, -0.1) is 0 Å². The maximum Gasteiger partial charge on any atom is 0.338 e. The van der Waals surface area contributed by atoms with Crippen molar-refractivity contribution in [3.63, 3.8) is 0 Å². The van der Waals surface area contributed by atoms with Crippen LogP contribution in [0.5, 0.6) is 0 Å². The number of aliphatic hydroxyl groups is 1. The summed E-state index contributed by atoms with van der Waals surface area (Å²) in [6.07, 6.45) is -16.2. The van der Waals surface area contributed by atoms with E-state index in [1.807, 2.05) is 33.9 Å². The van der Waals surface area contributed by atoms with E-state index in [0.29, 0.717) is 6.04 Å². The first-order valence-corrected chi connectivity index (χ1v) is 32.0. The predicted molar refractivity (Wildman–Crippen MR) is 285 cm³/mol. The van der Waals surface area contributed by atoms with Crippen molar-refractivity contribution in [2.45, 2.75) is 126 Å². The van der Waals surface area contributed by atoms with Crippen molar-refractivity contribution in [1.82, 2.24) is 0 Å². The van der Waals surface area contributed by atoms with Gasteiger partial charge >= 0.3 is 29.8 Å². The van der Waals surface area contributed by atoms with Crippen molar-refractivity contribution in [3.8, 4) is 0 Å². The molecule has 5 aromatic carbocycles. The molecule has 2 aliphatic rings. The van der Waals surface area contributed by atoms with Crippen molar-refractivity contribution in [2.75, 3.05) is 19.8 Å². The lowest BCUT2D eigenvalue weighted by Gasteiger charge is -2.49. The number of benzene rings is 5. The third-order valence-electron chi connectivity index (χ3n) is 13.4. The smallest absolute Gasteiger partial charge is 0.338 e. The molecule has 0 aromatic heterocycles. The fourth-order valence-corrected chi connectivity index (χ4v) is 9.73. The van der Waals surface area contributed by atoms with Crippen LogP contribution in [-0.4, -0.2) is 133 Å². The highest BCUT2D eigenvalue weighted by molar-refractivity contribution is 6.76. The normalized spacial score (nSPS) is 23.9. The molecule has 2 saturated heterocycles. The maximum absolute atomic E-state index is 14.5. The van der Waals surface area contributed by atoms with E-state index in [9.17, 15) is 29.1 Å². The molecule has 2 fully saturated rings. The lowest BCUT2D eigenvalue weighted by Crippen LogP contribution is -2.67. The summed E-state index contributed by atoms with van der Waals surface area (Å²) in [4.78, 5) is 70.9.